The fourth-order valence-electron chi connectivity index (χ4n) is 1.66. The summed E-state index contributed by atoms with van der Waals surface area (Å²) in [6.07, 6.45) is 0. The van der Waals surface area contributed by atoms with Crippen LogP contribution in [-0.2, 0) is 0 Å². The van der Waals surface area contributed by atoms with Crippen LogP contribution in [0, 0.1) is 40.1 Å². The van der Waals surface area contributed by atoms with Gasteiger partial charge in [-0.25, -0.2) is 13.2 Å². The Kier molecular flexibility index (Phi) is 4.02. The Hall–Kier alpha value is -2.70. The third-order valence-electron chi connectivity index (χ3n) is 2.66. The zero-order chi connectivity index (χ0) is 15.6. The molecule has 1 N–H and O–H groups in total. The SMILES string of the molecule is N#Cc1c(F)c(F)c(Nc2ccc(Cl)cc2)c(F)c1C#N. The lowest BCUT2D eigenvalue weighted by molar-refractivity contribution is 0.496. The number of anilines is 2. The molecular weight excluding hydrogens is 303 g/mol. The van der Waals surface area contributed by atoms with E-state index in [-0.39, 0.29) is 5.69 Å². The molecule has 0 amide bonds. The van der Waals surface area contributed by atoms with Crippen LogP contribution in [0.25, 0.3) is 0 Å². The molecule has 0 atom stereocenters. The summed E-state index contributed by atoms with van der Waals surface area (Å²) in [5.41, 5.74) is -2.42. The summed E-state index contributed by atoms with van der Waals surface area (Å²) in [5.74, 6) is -4.48. The van der Waals surface area contributed by atoms with Crippen LogP contribution >= 0.6 is 11.6 Å². The number of nitrogens with zero attached hydrogens (tertiary/aromatic N) is 2. The van der Waals surface area contributed by atoms with Gasteiger partial charge in [0.15, 0.2) is 17.5 Å². The summed E-state index contributed by atoms with van der Waals surface area (Å²) in [6.45, 7) is 0. The van der Waals surface area contributed by atoms with Gasteiger partial charge in [0.2, 0.25) is 0 Å². The number of hydrogen-bond donors (Lipinski definition) is 1. The van der Waals surface area contributed by atoms with E-state index < -0.39 is 34.3 Å². The van der Waals surface area contributed by atoms with Crippen LogP contribution < -0.4 is 5.32 Å². The Morgan fingerprint density at radius 3 is 1.90 bits per heavy atom. The van der Waals surface area contributed by atoms with Gasteiger partial charge in [-0.3, -0.25) is 0 Å². The van der Waals surface area contributed by atoms with Gasteiger partial charge >= 0.3 is 0 Å². The minimum atomic E-state index is -1.58. The van der Waals surface area contributed by atoms with Crippen LogP contribution in [-0.4, -0.2) is 0 Å². The Bertz CT molecular complexity index is 789. The molecule has 0 aliphatic carbocycles. The first-order chi connectivity index (χ1) is 9.99. The highest BCUT2D eigenvalue weighted by Gasteiger charge is 2.25. The van der Waals surface area contributed by atoms with Gasteiger partial charge in [0, 0.05) is 10.7 Å². The first kappa shape index (κ1) is 14.7. The van der Waals surface area contributed by atoms with Crippen LogP contribution in [0.2, 0.25) is 5.02 Å². The van der Waals surface area contributed by atoms with Crippen molar-refractivity contribution in [2.45, 2.75) is 0 Å². The molecule has 0 fully saturated rings. The van der Waals surface area contributed by atoms with Crippen molar-refractivity contribution in [1.82, 2.24) is 0 Å². The normalized spacial score (nSPS) is 9.81. The second-order valence-corrected chi connectivity index (χ2v) is 4.36. The van der Waals surface area contributed by atoms with E-state index >= 15 is 0 Å². The van der Waals surface area contributed by atoms with Crippen LogP contribution in [0.4, 0.5) is 24.5 Å². The Morgan fingerprint density at radius 2 is 1.38 bits per heavy atom. The third-order valence-corrected chi connectivity index (χ3v) is 2.91. The van der Waals surface area contributed by atoms with E-state index in [2.05, 4.69) is 5.32 Å². The summed E-state index contributed by atoms with van der Waals surface area (Å²) in [5, 5.41) is 20.2. The number of hydrogen-bond acceptors (Lipinski definition) is 3. The van der Waals surface area contributed by atoms with Crippen LogP contribution in [0.3, 0.4) is 0 Å². The van der Waals surface area contributed by atoms with Crippen LogP contribution in [0.15, 0.2) is 24.3 Å². The highest BCUT2D eigenvalue weighted by Crippen LogP contribution is 2.31. The molecule has 0 unspecified atom stereocenters. The fraction of sp³-hybridized carbons (Fsp3) is 0. The highest BCUT2D eigenvalue weighted by molar-refractivity contribution is 6.30. The summed E-state index contributed by atoms with van der Waals surface area (Å²) in [6, 6.07) is 8.39. The molecular formula is C14H5ClF3N3. The zero-order valence-corrected chi connectivity index (χ0v) is 11.0. The predicted molar refractivity (Wildman–Crippen MR) is 70.5 cm³/mol. The van der Waals surface area contributed by atoms with Gasteiger partial charge in [-0.15, -0.1) is 0 Å². The summed E-state index contributed by atoms with van der Waals surface area (Å²) >= 11 is 5.67. The van der Waals surface area contributed by atoms with Crippen molar-refractivity contribution < 1.29 is 13.2 Å². The Balaban J connectivity index is 2.60. The molecule has 0 radical (unpaired) electrons. The molecule has 3 nitrogen and oxygen atoms in total. The van der Waals surface area contributed by atoms with Gasteiger partial charge in [-0.1, -0.05) is 11.6 Å². The molecule has 7 heteroatoms. The van der Waals surface area contributed by atoms with Gasteiger partial charge in [-0.2, -0.15) is 10.5 Å². The molecule has 0 heterocycles. The standard InChI is InChI=1S/C14H5ClF3N3/c15-7-1-3-8(4-2-7)21-14-12(17)10(6-20)9(5-19)11(16)13(14)18/h1-4,21H. The molecule has 0 saturated heterocycles. The molecule has 21 heavy (non-hydrogen) atoms. The Morgan fingerprint density at radius 1 is 0.857 bits per heavy atom. The topological polar surface area (TPSA) is 59.6 Å². The van der Waals surface area contributed by atoms with Crippen LogP contribution in [0.1, 0.15) is 11.1 Å². The largest absolute Gasteiger partial charge is 0.351 e. The molecule has 2 aromatic carbocycles. The molecule has 2 aromatic rings. The lowest BCUT2D eigenvalue weighted by Gasteiger charge is -2.11. The number of rotatable bonds is 2. The maximum atomic E-state index is 14.1. The molecule has 0 bridgehead atoms. The maximum absolute atomic E-state index is 14.1. The lowest BCUT2D eigenvalue weighted by atomic mass is 10.1. The van der Waals surface area contributed by atoms with E-state index in [1.807, 2.05) is 0 Å². The van der Waals surface area contributed by atoms with E-state index in [4.69, 9.17) is 22.1 Å². The van der Waals surface area contributed by atoms with E-state index in [9.17, 15) is 13.2 Å². The second kappa shape index (κ2) is 5.74. The zero-order valence-electron chi connectivity index (χ0n) is 10.2. The number of nitriles is 2. The molecule has 0 spiro atoms. The third kappa shape index (κ3) is 2.62. The molecule has 0 aromatic heterocycles. The minimum Gasteiger partial charge on any atom is -0.351 e. The minimum absolute atomic E-state index is 0.241. The van der Waals surface area contributed by atoms with Crippen molar-refractivity contribution >= 4 is 23.0 Å². The van der Waals surface area contributed by atoms with Crippen molar-refractivity contribution in [2.24, 2.45) is 0 Å². The van der Waals surface area contributed by atoms with Gasteiger partial charge in [0.1, 0.15) is 29.0 Å². The highest BCUT2D eigenvalue weighted by atomic mass is 35.5. The first-order valence-corrected chi connectivity index (χ1v) is 5.90. The lowest BCUT2D eigenvalue weighted by Crippen LogP contribution is -2.06. The van der Waals surface area contributed by atoms with Crippen molar-refractivity contribution in [1.29, 1.82) is 10.5 Å². The van der Waals surface area contributed by atoms with E-state index in [0.717, 1.165) is 0 Å². The molecule has 2 rings (SSSR count). The predicted octanol–water partition coefficient (Wildman–Crippen LogP) is 4.24. The maximum Gasteiger partial charge on any atom is 0.186 e. The van der Waals surface area contributed by atoms with Gasteiger partial charge in [-0.05, 0) is 24.3 Å². The average molecular weight is 308 g/mol. The Labute approximate surface area is 122 Å². The number of halogens is 4. The smallest absolute Gasteiger partial charge is 0.186 e. The fourth-order valence-corrected chi connectivity index (χ4v) is 1.78. The van der Waals surface area contributed by atoms with Crippen molar-refractivity contribution in [3.8, 4) is 12.1 Å². The molecule has 0 aliphatic rings. The van der Waals surface area contributed by atoms with Crippen molar-refractivity contribution in [3.05, 3.63) is 57.9 Å². The van der Waals surface area contributed by atoms with Gasteiger partial charge in [0.25, 0.3) is 0 Å². The number of nitrogens with one attached hydrogen (secondary N) is 1. The van der Waals surface area contributed by atoms with E-state index in [0.29, 0.717) is 5.02 Å². The summed E-state index contributed by atoms with van der Waals surface area (Å²) < 4.78 is 41.6. The van der Waals surface area contributed by atoms with Crippen molar-refractivity contribution in [3.63, 3.8) is 0 Å². The first-order valence-electron chi connectivity index (χ1n) is 5.52. The average Bonchev–Trinajstić information content (AvgIpc) is 2.49. The van der Waals surface area contributed by atoms with E-state index in [1.165, 1.54) is 36.4 Å². The van der Waals surface area contributed by atoms with Gasteiger partial charge < -0.3 is 5.32 Å². The van der Waals surface area contributed by atoms with Gasteiger partial charge in [0.05, 0.1) is 0 Å². The van der Waals surface area contributed by atoms with E-state index in [1.54, 1.807) is 0 Å². The summed E-state index contributed by atoms with van der Waals surface area (Å²) in [4.78, 5) is 0. The molecule has 0 aliphatic heterocycles. The van der Waals surface area contributed by atoms with Crippen LogP contribution in [0.5, 0.6) is 0 Å². The number of benzene rings is 2. The summed E-state index contributed by atoms with van der Waals surface area (Å²) in [7, 11) is 0. The molecule has 104 valence electrons. The van der Waals surface area contributed by atoms with Crippen molar-refractivity contribution in [2.75, 3.05) is 5.32 Å². The quantitative estimate of drug-likeness (QED) is 0.844. The molecule has 0 saturated carbocycles. The second-order valence-electron chi connectivity index (χ2n) is 3.92. The monoisotopic (exact) mass is 307 g/mol.